The number of ether oxygens (including phenoxy) is 1. The first-order chi connectivity index (χ1) is 6.79. The fraction of sp³-hybridized carbons (Fsp3) is 0.300. The van der Waals surface area contributed by atoms with Gasteiger partial charge in [-0.3, -0.25) is 4.90 Å². The minimum absolute atomic E-state index is 0.261. The molecule has 1 amide bonds. The Morgan fingerprint density at radius 1 is 1.36 bits per heavy atom. The standard InChI is InChI=1S/C10H10BrNO2/c11-8-4-1-2-5-9(8)12-6-3-7-14-10(12)13/h1-2,4-5H,3,6-7H2. The molecule has 0 aliphatic carbocycles. The maximum atomic E-state index is 11.4. The van der Waals surface area contributed by atoms with Gasteiger partial charge in [-0.05, 0) is 34.5 Å². The predicted octanol–water partition coefficient (Wildman–Crippen LogP) is 2.80. The normalized spacial score (nSPS) is 16.6. The van der Waals surface area contributed by atoms with Crippen LogP contribution in [0, 0.1) is 0 Å². The third-order valence-electron chi connectivity index (χ3n) is 2.12. The number of hydrogen-bond acceptors (Lipinski definition) is 2. The van der Waals surface area contributed by atoms with E-state index in [1.165, 1.54) is 0 Å². The topological polar surface area (TPSA) is 29.5 Å². The van der Waals surface area contributed by atoms with E-state index in [-0.39, 0.29) is 6.09 Å². The molecular formula is C10H10BrNO2. The summed E-state index contributed by atoms with van der Waals surface area (Å²) in [7, 11) is 0. The average Bonchev–Trinajstić information content (AvgIpc) is 2.20. The molecule has 3 nitrogen and oxygen atoms in total. The predicted molar refractivity (Wildman–Crippen MR) is 57.5 cm³/mol. The third-order valence-corrected chi connectivity index (χ3v) is 2.79. The van der Waals surface area contributed by atoms with Crippen molar-refractivity contribution < 1.29 is 9.53 Å². The lowest BCUT2D eigenvalue weighted by atomic mass is 10.2. The smallest absolute Gasteiger partial charge is 0.414 e. The van der Waals surface area contributed by atoms with Crippen LogP contribution < -0.4 is 4.90 Å². The van der Waals surface area contributed by atoms with Crippen LogP contribution in [0.3, 0.4) is 0 Å². The number of nitrogens with zero attached hydrogens (tertiary/aromatic N) is 1. The van der Waals surface area contributed by atoms with Crippen LogP contribution in [0.2, 0.25) is 0 Å². The van der Waals surface area contributed by atoms with Gasteiger partial charge in [0.1, 0.15) is 0 Å². The minimum Gasteiger partial charge on any atom is -0.449 e. The molecule has 0 aromatic heterocycles. The average molecular weight is 256 g/mol. The molecule has 0 radical (unpaired) electrons. The molecule has 0 atom stereocenters. The Balaban J connectivity index is 2.29. The molecule has 4 heteroatoms. The molecule has 1 aliphatic heterocycles. The van der Waals surface area contributed by atoms with Gasteiger partial charge in [-0.2, -0.15) is 0 Å². The molecule has 0 unspecified atom stereocenters. The summed E-state index contributed by atoms with van der Waals surface area (Å²) in [5.74, 6) is 0. The van der Waals surface area contributed by atoms with Crippen LogP contribution in [-0.2, 0) is 4.74 Å². The lowest BCUT2D eigenvalue weighted by molar-refractivity contribution is 0.140. The van der Waals surface area contributed by atoms with E-state index in [2.05, 4.69) is 15.9 Å². The summed E-state index contributed by atoms with van der Waals surface area (Å²) in [6.07, 6.45) is 0.621. The second kappa shape index (κ2) is 4.00. The summed E-state index contributed by atoms with van der Waals surface area (Å²) < 4.78 is 5.88. The fourth-order valence-electron chi connectivity index (χ4n) is 1.44. The van der Waals surface area contributed by atoms with E-state index in [4.69, 9.17) is 4.74 Å². The number of carbonyl (C=O) groups is 1. The monoisotopic (exact) mass is 255 g/mol. The highest BCUT2D eigenvalue weighted by atomic mass is 79.9. The third kappa shape index (κ3) is 1.75. The van der Waals surface area contributed by atoms with Crippen LogP contribution in [0.25, 0.3) is 0 Å². The van der Waals surface area contributed by atoms with Gasteiger partial charge < -0.3 is 4.74 Å². The molecule has 1 aromatic rings. The zero-order chi connectivity index (χ0) is 9.97. The van der Waals surface area contributed by atoms with Gasteiger partial charge in [0.2, 0.25) is 0 Å². The van der Waals surface area contributed by atoms with Crippen molar-refractivity contribution in [2.45, 2.75) is 6.42 Å². The molecular weight excluding hydrogens is 246 g/mol. The van der Waals surface area contributed by atoms with Crippen molar-refractivity contribution in [3.63, 3.8) is 0 Å². The fourth-order valence-corrected chi connectivity index (χ4v) is 1.94. The molecule has 0 spiro atoms. The van der Waals surface area contributed by atoms with Crippen molar-refractivity contribution in [2.24, 2.45) is 0 Å². The Bertz CT molecular complexity index is 354. The molecule has 74 valence electrons. The maximum Gasteiger partial charge on any atom is 0.414 e. The summed E-state index contributed by atoms with van der Waals surface area (Å²) in [4.78, 5) is 13.1. The van der Waals surface area contributed by atoms with E-state index in [1.54, 1.807) is 4.90 Å². The van der Waals surface area contributed by atoms with Crippen LogP contribution >= 0.6 is 15.9 Å². The van der Waals surface area contributed by atoms with E-state index < -0.39 is 0 Å². The highest BCUT2D eigenvalue weighted by Gasteiger charge is 2.22. The quantitative estimate of drug-likeness (QED) is 0.773. The summed E-state index contributed by atoms with van der Waals surface area (Å²) in [6.45, 7) is 1.25. The van der Waals surface area contributed by atoms with Crippen molar-refractivity contribution in [1.82, 2.24) is 0 Å². The van der Waals surface area contributed by atoms with E-state index in [0.29, 0.717) is 6.61 Å². The second-order valence-electron chi connectivity index (χ2n) is 3.07. The number of carbonyl (C=O) groups excluding carboxylic acids is 1. The first kappa shape index (κ1) is 9.52. The van der Waals surface area contributed by atoms with Crippen LogP contribution in [0.1, 0.15) is 6.42 Å². The van der Waals surface area contributed by atoms with Crippen molar-refractivity contribution in [2.75, 3.05) is 18.1 Å². The number of rotatable bonds is 1. The van der Waals surface area contributed by atoms with Gasteiger partial charge in [0.25, 0.3) is 0 Å². The van der Waals surface area contributed by atoms with E-state index in [9.17, 15) is 4.79 Å². The Kier molecular flexibility index (Phi) is 2.72. The first-order valence-corrected chi connectivity index (χ1v) is 5.27. The van der Waals surface area contributed by atoms with Crippen molar-refractivity contribution in [3.8, 4) is 0 Å². The van der Waals surface area contributed by atoms with Gasteiger partial charge in [-0.1, -0.05) is 12.1 Å². The Morgan fingerprint density at radius 3 is 2.86 bits per heavy atom. The number of cyclic esters (lactones) is 1. The number of para-hydroxylation sites is 1. The molecule has 1 fully saturated rings. The number of anilines is 1. The van der Waals surface area contributed by atoms with Gasteiger partial charge >= 0.3 is 6.09 Å². The van der Waals surface area contributed by atoms with Gasteiger partial charge in [0.15, 0.2) is 0 Å². The van der Waals surface area contributed by atoms with Crippen LogP contribution in [0.5, 0.6) is 0 Å². The minimum atomic E-state index is -0.261. The van der Waals surface area contributed by atoms with Crippen LogP contribution in [-0.4, -0.2) is 19.2 Å². The summed E-state index contributed by atoms with van der Waals surface area (Å²) in [6, 6.07) is 7.64. The highest BCUT2D eigenvalue weighted by molar-refractivity contribution is 9.10. The van der Waals surface area contributed by atoms with Gasteiger partial charge in [0.05, 0.1) is 12.3 Å². The van der Waals surface area contributed by atoms with E-state index in [0.717, 1.165) is 23.1 Å². The number of amides is 1. The molecule has 0 N–H and O–H groups in total. The van der Waals surface area contributed by atoms with Crippen molar-refractivity contribution in [1.29, 1.82) is 0 Å². The van der Waals surface area contributed by atoms with Crippen molar-refractivity contribution in [3.05, 3.63) is 28.7 Å². The Hall–Kier alpha value is -1.03. The van der Waals surface area contributed by atoms with Crippen LogP contribution in [0.4, 0.5) is 10.5 Å². The van der Waals surface area contributed by atoms with Gasteiger partial charge in [-0.15, -0.1) is 0 Å². The number of benzene rings is 1. The molecule has 14 heavy (non-hydrogen) atoms. The lowest BCUT2D eigenvalue weighted by Crippen LogP contribution is -2.37. The largest absolute Gasteiger partial charge is 0.449 e. The molecule has 1 aliphatic rings. The second-order valence-corrected chi connectivity index (χ2v) is 3.93. The van der Waals surface area contributed by atoms with E-state index in [1.807, 2.05) is 24.3 Å². The summed E-state index contributed by atoms with van der Waals surface area (Å²) >= 11 is 3.41. The van der Waals surface area contributed by atoms with Gasteiger partial charge in [-0.25, -0.2) is 4.79 Å². The highest BCUT2D eigenvalue weighted by Crippen LogP contribution is 2.27. The zero-order valence-electron chi connectivity index (χ0n) is 7.57. The molecule has 1 aromatic carbocycles. The zero-order valence-corrected chi connectivity index (χ0v) is 9.16. The lowest BCUT2D eigenvalue weighted by Gasteiger charge is -2.27. The molecule has 1 heterocycles. The molecule has 2 rings (SSSR count). The SMILES string of the molecule is O=C1OCCCN1c1ccccc1Br. The molecule has 0 bridgehead atoms. The Morgan fingerprint density at radius 2 is 2.14 bits per heavy atom. The Labute approximate surface area is 90.8 Å². The molecule has 0 saturated carbocycles. The summed E-state index contributed by atoms with van der Waals surface area (Å²) in [5.41, 5.74) is 0.872. The van der Waals surface area contributed by atoms with Crippen molar-refractivity contribution >= 4 is 27.7 Å². The maximum absolute atomic E-state index is 11.4. The van der Waals surface area contributed by atoms with Gasteiger partial charge in [0, 0.05) is 11.0 Å². The summed E-state index contributed by atoms with van der Waals surface area (Å²) in [5, 5.41) is 0. The molecule has 1 saturated heterocycles. The number of halogens is 1. The number of hydrogen-bond donors (Lipinski definition) is 0. The van der Waals surface area contributed by atoms with Crippen LogP contribution in [0.15, 0.2) is 28.7 Å². The van der Waals surface area contributed by atoms with E-state index >= 15 is 0 Å². The first-order valence-electron chi connectivity index (χ1n) is 4.48.